The first-order chi connectivity index (χ1) is 12.6. The number of H-pyrrole nitrogens is 1. The minimum atomic E-state index is -0.269. The molecular formula is C22H20N2O2. The lowest BCUT2D eigenvalue weighted by molar-refractivity contribution is 0.466. The topological polar surface area (TPSA) is 68.3 Å². The van der Waals surface area contributed by atoms with Crippen LogP contribution in [0.25, 0.3) is 10.9 Å². The van der Waals surface area contributed by atoms with E-state index in [1.165, 1.54) is 0 Å². The highest BCUT2D eigenvalue weighted by molar-refractivity contribution is 5.86. The number of anilines is 1. The summed E-state index contributed by atoms with van der Waals surface area (Å²) in [7, 11) is 0. The Morgan fingerprint density at radius 2 is 1.65 bits per heavy atom. The van der Waals surface area contributed by atoms with E-state index in [4.69, 9.17) is 0 Å². The summed E-state index contributed by atoms with van der Waals surface area (Å²) in [6.07, 6.45) is 0. The maximum atomic E-state index is 10.5. The molecule has 0 fully saturated rings. The second-order valence-corrected chi connectivity index (χ2v) is 6.40. The van der Waals surface area contributed by atoms with E-state index in [0.717, 1.165) is 33.4 Å². The number of hydrogen-bond acceptors (Lipinski definition) is 3. The maximum Gasteiger partial charge on any atom is 0.121 e. The van der Waals surface area contributed by atoms with E-state index in [1.54, 1.807) is 24.3 Å². The molecule has 0 radical (unpaired) electrons. The number of aryl methyl sites for hydroxylation is 1. The molecule has 1 heterocycles. The Labute approximate surface area is 151 Å². The highest BCUT2D eigenvalue weighted by Crippen LogP contribution is 2.38. The van der Waals surface area contributed by atoms with Gasteiger partial charge in [-0.2, -0.15) is 0 Å². The van der Waals surface area contributed by atoms with Crippen LogP contribution in [0.1, 0.15) is 22.9 Å². The van der Waals surface area contributed by atoms with Gasteiger partial charge in [-0.05, 0) is 31.2 Å². The summed E-state index contributed by atoms with van der Waals surface area (Å²) < 4.78 is 0. The van der Waals surface area contributed by atoms with Crippen molar-refractivity contribution in [2.75, 3.05) is 5.32 Å². The van der Waals surface area contributed by atoms with Crippen molar-refractivity contribution in [3.8, 4) is 11.5 Å². The molecule has 1 unspecified atom stereocenters. The van der Waals surface area contributed by atoms with Crippen molar-refractivity contribution in [2.24, 2.45) is 0 Å². The first-order valence-electron chi connectivity index (χ1n) is 8.54. The first kappa shape index (κ1) is 16.1. The molecule has 0 aliphatic carbocycles. The summed E-state index contributed by atoms with van der Waals surface area (Å²) in [6.45, 7) is 2.03. The van der Waals surface area contributed by atoms with Gasteiger partial charge in [0.25, 0.3) is 0 Å². The fourth-order valence-electron chi connectivity index (χ4n) is 3.47. The Morgan fingerprint density at radius 1 is 0.885 bits per heavy atom. The van der Waals surface area contributed by atoms with Crippen LogP contribution in [0.2, 0.25) is 0 Å². The molecule has 4 heteroatoms. The van der Waals surface area contributed by atoms with Crippen LogP contribution in [-0.4, -0.2) is 15.2 Å². The van der Waals surface area contributed by atoms with Gasteiger partial charge in [-0.15, -0.1) is 0 Å². The molecule has 0 saturated carbocycles. The molecule has 130 valence electrons. The van der Waals surface area contributed by atoms with Gasteiger partial charge < -0.3 is 20.5 Å². The van der Waals surface area contributed by atoms with Gasteiger partial charge in [-0.3, -0.25) is 0 Å². The monoisotopic (exact) mass is 344 g/mol. The van der Waals surface area contributed by atoms with Crippen LogP contribution in [-0.2, 0) is 0 Å². The molecule has 4 nitrogen and oxygen atoms in total. The molecule has 0 aliphatic heterocycles. The zero-order chi connectivity index (χ0) is 18.1. The number of rotatable bonds is 4. The number of aromatic hydroxyl groups is 2. The zero-order valence-corrected chi connectivity index (χ0v) is 14.4. The molecule has 0 bridgehead atoms. The number of phenols is 2. The lowest BCUT2D eigenvalue weighted by Crippen LogP contribution is -2.13. The molecule has 1 atom stereocenters. The summed E-state index contributed by atoms with van der Waals surface area (Å²) in [5, 5.41) is 24.9. The van der Waals surface area contributed by atoms with Crippen LogP contribution in [0.3, 0.4) is 0 Å². The summed E-state index contributed by atoms with van der Waals surface area (Å²) in [4.78, 5) is 3.42. The van der Waals surface area contributed by atoms with Crippen molar-refractivity contribution >= 4 is 16.6 Å². The van der Waals surface area contributed by atoms with E-state index in [9.17, 15) is 10.2 Å². The van der Waals surface area contributed by atoms with Gasteiger partial charge in [0, 0.05) is 39.5 Å². The van der Waals surface area contributed by atoms with E-state index in [0.29, 0.717) is 0 Å². The van der Waals surface area contributed by atoms with Crippen molar-refractivity contribution in [3.05, 3.63) is 89.6 Å². The maximum absolute atomic E-state index is 10.5. The molecule has 26 heavy (non-hydrogen) atoms. The van der Waals surface area contributed by atoms with E-state index in [-0.39, 0.29) is 17.5 Å². The smallest absolute Gasteiger partial charge is 0.121 e. The highest BCUT2D eigenvalue weighted by Gasteiger charge is 2.23. The highest BCUT2D eigenvalue weighted by atomic mass is 16.3. The van der Waals surface area contributed by atoms with Crippen molar-refractivity contribution in [3.63, 3.8) is 0 Å². The quantitative estimate of drug-likeness (QED) is 0.417. The van der Waals surface area contributed by atoms with Gasteiger partial charge in [0.15, 0.2) is 0 Å². The van der Waals surface area contributed by atoms with Crippen LogP contribution in [0.4, 0.5) is 5.69 Å². The van der Waals surface area contributed by atoms with Crippen molar-refractivity contribution in [2.45, 2.75) is 13.0 Å². The normalized spacial score (nSPS) is 12.2. The fraction of sp³-hybridized carbons (Fsp3) is 0.0909. The van der Waals surface area contributed by atoms with Crippen LogP contribution < -0.4 is 5.32 Å². The largest absolute Gasteiger partial charge is 0.508 e. The first-order valence-corrected chi connectivity index (χ1v) is 8.54. The second-order valence-electron chi connectivity index (χ2n) is 6.40. The molecule has 0 amide bonds. The summed E-state index contributed by atoms with van der Waals surface area (Å²) in [6, 6.07) is 22.2. The van der Waals surface area contributed by atoms with Gasteiger partial charge in [-0.25, -0.2) is 0 Å². The second kappa shape index (κ2) is 6.48. The van der Waals surface area contributed by atoms with Crippen LogP contribution in [0.15, 0.2) is 72.8 Å². The minimum Gasteiger partial charge on any atom is -0.508 e. The summed E-state index contributed by atoms with van der Waals surface area (Å²) in [5.74, 6) is 0.427. The number of phenolic OH excluding ortho intramolecular Hbond substituents is 2. The number of benzene rings is 3. The van der Waals surface area contributed by atoms with E-state index in [2.05, 4.69) is 16.4 Å². The summed E-state index contributed by atoms with van der Waals surface area (Å²) >= 11 is 0. The van der Waals surface area contributed by atoms with Crippen LogP contribution >= 0.6 is 0 Å². The third kappa shape index (κ3) is 2.86. The molecule has 0 aliphatic rings. The summed E-state index contributed by atoms with van der Waals surface area (Å²) in [5.41, 5.74) is 4.72. The van der Waals surface area contributed by atoms with E-state index >= 15 is 0 Å². The molecular weight excluding hydrogens is 324 g/mol. The average molecular weight is 344 g/mol. The molecule has 1 aromatic heterocycles. The number of fused-ring (bicyclic) bond motifs is 1. The van der Waals surface area contributed by atoms with Gasteiger partial charge in [0.1, 0.15) is 11.5 Å². The van der Waals surface area contributed by atoms with Gasteiger partial charge in [0.2, 0.25) is 0 Å². The lowest BCUT2D eigenvalue weighted by Gasteiger charge is -2.22. The van der Waals surface area contributed by atoms with Crippen LogP contribution in [0, 0.1) is 6.92 Å². The predicted octanol–water partition coefficient (Wildman–Crippen LogP) is 5.09. The third-order valence-electron chi connectivity index (χ3n) is 4.64. The zero-order valence-electron chi connectivity index (χ0n) is 14.4. The van der Waals surface area contributed by atoms with Crippen molar-refractivity contribution in [1.29, 1.82) is 0 Å². The Morgan fingerprint density at radius 3 is 2.46 bits per heavy atom. The molecule has 4 N–H and O–H groups in total. The number of hydrogen-bond donors (Lipinski definition) is 4. The molecule has 4 aromatic rings. The minimum absolute atomic E-state index is 0.196. The lowest BCUT2D eigenvalue weighted by atomic mass is 9.95. The Hall–Kier alpha value is -3.40. The number of nitrogens with one attached hydrogen (secondary N) is 2. The average Bonchev–Trinajstić information content (AvgIpc) is 2.96. The molecule has 0 saturated heterocycles. The number of aromatic amines is 1. The SMILES string of the molecule is Cc1[nH]c2ccccc2c1C(Nc1cccc(O)c1)c1ccccc1O. The van der Waals surface area contributed by atoms with Crippen LogP contribution in [0.5, 0.6) is 11.5 Å². The van der Waals surface area contributed by atoms with Crippen molar-refractivity contribution in [1.82, 2.24) is 4.98 Å². The van der Waals surface area contributed by atoms with Crippen molar-refractivity contribution < 1.29 is 10.2 Å². The number of para-hydroxylation sites is 2. The Kier molecular flexibility index (Phi) is 4.01. The standard InChI is InChI=1S/C22H20N2O2/c1-14-21(17-9-2-4-11-19(17)23-14)22(18-10-3-5-12-20(18)26)24-15-7-6-8-16(25)13-15/h2-13,22-26H,1H3. The van der Waals surface area contributed by atoms with Gasteiger partial charge in [-0.1, -0.05) is 42.5 Å². The fourth-order valence-corrected chi connectivity index (χ4v) is 3.47. The Bertz CT molecular complexity index is 1070. The van der Waals surface area contributed by atoms with E-state index < -0.39 is 0 Å². The Balaban J connectivity index is 1.90. The van der Waals surface area contributed by atoms with E-state index in [1.807, 2.05) is 49.4 Å². The third-order valence-corrected chi connectivity index (χ3v) is 4.64. The molecule has 0 spiro atoms. The molecule has 4 rings (SSSR count). The molecule has 3 aromatic carbocycles. The predicted molar refractivity (Wildman–Crippen MR) is 105 cm³/mol. The van der Waals surface area contributed by atoms with Gasteiger partial charge >= 0.3 is 0 Å². The number of aromatic nitrogens is 1. The van der Waals surface area contributed by atoms with Gasteiger partial charge in [0.05, 0.1) is 6.04 Å².